The predicted octanol–water partition coefficient (Wildman–Crippen LogP) is 4.50. The summed E-state index contributed by atoms with van der Waals surface area (Å²) in [5.41, 5.74) is 2.79. The van der Waals surface area contributed by atoms with Crippen LogP contribution < -0.4 is 5.32 Å². The van der Waals surface area contributed by atoms with Crippen molar-refractivity contribution in [2.24, 2.45) is 0 Å². The van der Waals surface area contributed by atoms with Gasteiger partial charge in [-0.1, -0.05) is 78.9 Å². The quantitative estimate of drug-likeness (QED) is 0.700. The van der Waals surface area contributed by atoms with E-state index in [0.717, 1.165) is 11.1 Å². The van der Waals surface area contributed by atoms with Crippen LogP contribution in [0.3, 0.4) is 0 Å². The highest BCUT2D eigenvalue weighted by molar-refractivity contribution is 7.80. The zero-order valence-electron chi connectivity index (χ0n) is 14.1. The summed E-state index contributed by atoms with van der Waals surface area (Å²) < 4.78 is 0. The molecule has 2 atom stereocenters. The molecule has 1 N–H and O–H groups in total. The smallest absolute Gasteiger partial charge is 0.260 e. The Morgan fingerprint density at radius 2 is 1.27 bits per heavy atom. The molecular weight excluding hydrogens is 340 g/mol. The Morgan fingerprint density at radius 1 is 0.769 bits per heavy atom. The first-order chi connectivity index (χ1) is 12.8. The van der Waals surface area contributed by atoms with Crippen LogP contribution in [0.5, 0.6) is 0 Å². The molecule has 1 fully saturated rings. The highest BCUT2D eigenvalue weighted by Crippen LogP contribution is 2.39. The van der Waals surface area contributed by atoms with Crippen LogP contribution >= 0.6 is 12.2 Å². The Hall–Kier alpha value is -2.98. The van der Waals surface area contributed by atoms with E-state index in [0.29, 0.717) is 10.7 Å². The lowest BCUT2D eigenvalue weighted by atomic mass is 9.93. The zero-order chi connectivity index (χ0) is 17.9. The van der Waals surface area contributed by atoms with Gasteiger partial charge in [-0.15, -0.1) is 0 Å². The van der Waals surface area contributed by atoms with Gasteiger partial charge in [0, 0.05) is 5.56 Å². The standard InChI is InChI=1S/C22H18N2OS/c25-21(18-14-8-3-9-15-18)24-20(17-12-6-2-7-13-17)19(23-22(24)26)16-10-4-1-5-11-16/h1-15,19-20H,(H,23,26). The Balaban J connectivity index is 1.79. The molecule has 0 saturated carbocycles. The Labute approximate surface area is 158 Å². The van der Waals surface area contributed by atoms with Gasteiger partial charge in [0.15, 0.2) is 5.11 Å². The molecule has 0 aliphatic carbocycles. The van der Waals surface area contributed by atoms with E-state index in [4.69, 9.17) is 12.2 Å². The Kier molecular flexibility index (Phi) is 4.50. The number of rotatable bonds is 3. The summed E-state index contributed by atoms with van der Waals surface area (Å²) in [4.78, 5) is 14.9. The molecule has 0 radical (unpaired) electrons. The van der Waals surface area contributed by atoms with E-state index in [2.05, 4.69) is 17.4 Å². The number of carbonyl (C=O) groups excluding carboxylic acids is 1. The second kappa shape index (κ2) is 7.10. The van der Waals surface area contributed by atoms with Crippen molar-refractivity contribution in [1.82, 2.24) is 10.2 Å². The third kappa shape index (κ3) is 3.00. The van der Waals surface area contributed by atoms with Crippen molar-refractivity contribution in [3.8, 4) is 0 Å². The first-order valence-electron chi connectivity index (χ1n) is 8.55. The van der Waals surface area contributed by atoms with Gasteiger partial charge >= 0.3 is 0 Å². The van der Waals surface area contributed by atoms with E-state index >= 15 is 0 Å². The molecule has 2 unspecified atom stereocenters. The topological polar surface area (TPSA) is 32.3 Å². The van der Waals surface area contributed by atoms with E-state index in [9.17, 15) is 4.79 Å². The molecule has 4 heteroatoms. The van der Waals surface area contributed by atoms with Crippen molar-refractivity contribution in [1.29, 1.82) is 0 Å². The lowest BCUT2D eigenvalue weighted by Gasteiger charge is -2.27. The zero-order valence-corrected chi connectivity index (χ0v) is 14.9. The number of thiocarbonyl (C=S) groups is 1. The van der Waals surface area contributed by atoms with Gasteiger partial charge in [-0.3, -0.25) is 9.69 Å². The third-order valence-electron chi connectivity index (χ3n) is 4.63. The molecule has 0 spiro atoms. The van der Waals surface area contributed by atoms with Gasteiger partial charge in [-0.2, -0.15) is 0 Å². The van der Waals surface area contributed by atoms with Crippen LogP contribution in [0.25, 0.3) is 0 Å². The normalized spacial score (nSPS) is 19.2. The summed E-state index contributed by atoms with van der Waals surface area (Å²) >= 11 is 5.56. The molecular formula is C22H18N2OS. The first-order valence-corrected chi connectivity index (χ1v) is 8.95. The van der Waals surface area contributed by atoms with Gasteiger partial charge in [0.25, 0.3) is 5.91 Å². The van der Waals surface area contributed by atoms with Crippen molar-refractivity contribution < 1.29 is 4.79 Å². The highest BCUT2D eigenvalue weighted by atomic mass is 32.1. The number of hydrogen-bond donors (Lipinski definition) is 1. The van der Waals surface area contributed by atoms with Crippen molar-refractivity contribution in [2.45, 2.75) is 12.1 Å². The van der Waals surface area contributed by atoms with Crippen LogP contribution in [0.1, 0.15) is 33.6 Å². The van der Waals surface area contributed by atoms with Crippen molar-refractivity contribution >= 4 is 23.2 Å². The summed E-state index contributed by atoms with van der Waals surface area (Å²) in [6, 6.07) is 29.2. The van der Waals surface area contributed by atoms with E-state index in [1.807, 2.05) is 78.9 Å². The Bertz CT molecular complexity index is 913. The van der Waals surface area contributed by atoms with Gasteiger partial charge < -0.3 is 5.32 Å². The average Bonchev–Trinajstić information content (AvgIpc) is 3.06. The number of nitrogens with zero attached hydrogens (tertiary/aromatic N) is 1. The van der Waals surface area contributed by atoms with Crippen molar-refractivity contribution in [3.05, 3.63) is 108 Å². The van der Waals surface area contributed by atoms with Crippen LogP contribution in [0, 0.1) is 0 Å². The second-order valence-electron chi connectivity index (χ2n) is 6.23. The SMILES string of the molecule is O=C(c1ccccc1)N1C(=S)NC(c2ccccc2)C1c1ccccc1. The van der Waals surface area contributed by atoms with E-state index in [1.54, 1.807) is 4.90 Å². The molecule has 0 aromatic heterocycles. The van der Waals surface area contributed by atoms with Crippen LogP contribution in [-0.4, -0.2) is 15.9 Å². The molecule has 1 heterocycles. The fourth-order valence-electron chi connectivity index (χ4n) is 3.41. The van der Waals surface area contributed by atoms with Crippen LogP contribution in [-0.2, 0) is 0 Å². The van der Waals surface area contributed by atoms with Crippen molar-refractivity contribution in [2.75, 3.05) is 0 Å². The summed E-state index contributed by atoms with van der Waals surface area (Å²) in [5, 5.41) is 3.82. The Morgan fingerprint density at radius 3 is 1.85 bits per heavy atom. The van der Waals surface area contributed by atoms with Gasteiger partial charge in [0.1, 0.15) is 0 Å². The largest absolute Gasteiger partial charge is 0.353 e. The molecule has 1 aliphatic heterocycles. The highest BCUT2D eigenvalue weighted by Gasteiger charge is 2.42. The lowest BCUT2D eigenvalue weighted by Crippen LogP contribution is -2.35. The fourth-order valence-corrected chi connectivity index (χ4v) is 3.74. The monoisotopic (exact) mass is 358 g/mol. The maximum Gasteiger partial charge on any atom is 0.260 e. The molecule has 3 aromatic carbocycles. The summed E-state index contributed by atoms with van der Waals surface area (Å²) in [6.07, 6.45) is 0. The lowest BCUT2D eigenvalue weighted by molar-refractivity contribution is 0.0811. The van der Waals surface area contributed by atoms with Gasteiger partial charge in [-0.05, 0) is 35.5 Å². The summed E-state index contributed by atoms with van der Waals surface area (Å²) in [7, 11) is 0. The number of nitrogens with one attached hydrogen (secondary N) is 1. The van der Waals surface area contributed by atoms with Crippen LogP contribution in [0.4, 0.5) is 0 Å². The van der Waals surface area contributed by atoms with E-state index in [1.165, 1.54) is 0 Å². The predicted molar refractivity (Wildman–Crippen MR) is 107 cm³/mol. The number of carbonyl (C=O) groups is 1. The maximum atomic E-state index is 13.2. The molecule has 128 valence electrons. The van der Waals surface area contributed by atoms with Crippen LogP contribution in [0.15, 0.2) is 91.0 Å². The molecule has 0 bridgehead atoms. The molecule has 1 aliphatic rings. The minimum Gasteiger partial charge on any atom is -0.353 e. The maximum absolute atomic E-state index is 13.2. The number of amides is 1. The minimum atomic E-state index is -0.196. The van der Waals surface area contributed by atoms with Gasteiger partial charge in [-0.25, -0.2) is 0 Å². The first kappa shape index (κ1) is 16.5. The third-order valence-corrected chi connectivity index (χ3v) is 4.95. The molecule has 1 amide bonds. The molecule has 4 rings (SSSR count). The van der Waals surface area contributed by atoms with E-state index < -0.39 is 0 Å². The molecule has 26 heavy (non-hydrogen) atoms. The number of hydrogen-bond acceptors (Lipinski definition) is 2. The summed E-state index contributed by atoms with van der Waals surface area (Å²) in [6.45, 7) is 0. The second-order valence-corrected chi connectivity index (χ2v) is 6.62. The van der Waals surface area contributed by atoms with Gasteiger partial charge in [0.2, 0.25) is 0 Å². The van der Waals surface area contributed by atoms with E-state index in [-0.39, 0.29) is 18.0 Å². The van der Waals surface area contributed by atoms with Gasteiger partial charge in [0.05, 0.1) is 12.1 Å². The molecule has 3 aromatic rings. The average molecular weight is 358 g/mol. The minimum absolute atomic E-state index is 0.0845. The molecule has 1 saturated heterocycles. The van der Waals surface area contributed by atoms with Crippen molar-refractivity contribution in [3.63, 3.8) is 0 Å². The molecule has 3 nitrogen and oxygen atoms in total. The number of benzene rings is 3. The summed E-state index contributed by atoms with van der Waals surface area (Å²) in [5.74, 6) is -0.0876. The van der Waals surface area contributed by atoms with Crippen LogP contribution in [0.2, 0.25) is 0 Å². The fraction of sp³-hybridized carbons (Fsp3) is 0.0909.